The van der Waals surface area contributed by atoms with Gasteiger partial charge in [-0.15, -0.1) is 0 Å². The summed E-state index contributed by atoms with van der Waals surface area (Å²) in [5.41, 5.74) is 1.49. The number of anilines is 1. The van der Waals surface area contributed by atoms with E-state index in [-0.39, 0.29) is 18.2 Å². The highest BCUT2D eigenvalue weighted by Gasteiger charge is 2.33. The average Bonchev–Trinajstić information content (AvgIpc) is 2.94. The van der Waals surface area contributed by atoms with Crippen molar-refractivity contribution in [3.8, 4) is 0 Å². The number of hydrogen-bond acceptors (Lipinski definition) is 4. The van der Waals surface area contributed by atoms with Gasteiger partial charge in [0.25, 0.3) is 0 Å². The SMILES string of the molecule is CC(C)(CC(=O)NC1CCc2ccccc2N(Cc2cccc3ccccc23)C1=O)NC(=O)OC(C)(C)C. The van der Waals surface area contributed by atoms with Gasteiger partial charge >= 0.3 is 6.09 Å². The van der Waals surface area contributed by atoms with Gasteiger partial charge in [-0.1, -0.05) is 60.7 Å². The van der Waals surface area contributed by atoms with Crippen LogP contribution in [0.5, 0.6) is 0 Å². The Hall–Kier alpha value is -3.87. The van der Waals surface area contributed by atoms with E-state index in [1.165, 1.54) is 0 Å². The third-order valence-electron chi connectivity index (χ3n) is 6.53. The number of rotatable bonds is 6. The van der Waals surface area contributed by atoms with Gasteiger partial charge in [-0.05, 0) is 75.4 Å². The number of nitrogens with zero attached hydrogens (tertiary/aromatic N) is 1. The van der Waals surface area contributed by atoms with Gasteiger partial charge in [0.15, 0.2) is 0 Å². The van der Waals surface area contributed by atoms with Gasteiger partial charge in [0.2, 0.25) is 11.8 Å². The molecule has 1 heterocycles. The van der Waals surface area contributed by atoms with Crippen molar-refractivity contribution in [3.63, 3.8) is 0 Å². The first-order valence-corrected chi connectivity index (χ1v) is 13.1. The fourth-order valence-electron chi connectivity index (χ4n) is 4.88. The van der Waals surface area contributed by atoms with Crippen LogP contribution in [0.15, 0.2) is 66.7 Å². The van der Waals surface area contributed by atoms with Gasteiger partial charge in [0, 0.05) is 17.6 Å². The van der Waals surface area contributed by atoms with Crippen molar-refractivity contribution in [2.24, 2.45) is 0 Å². The first-order chi connectivity index (χ1) is 17.9. The quantitative estimate of drug-likeness (QED) is 0.454. The van der Waals surface area contributed by atoms with Gasteiger partial charge in [0.1, 0.15) is 11.6 Å². The maximum Gasteiger partial charge on any atom is 0.408 e. The average molecular weight is 516 g/mol. The number of carbonyl (C=O) groups excluding carboxylic acids is 3. The highest BCUT2D eigenvalue weighted by atomic mass is 16.6. The van der Waals surface area contributed by atoms with E-state index in [9.17, 15) is 14.4 Å². The molecule has 3 aromatic carbocycles. The summed E-state index contributed by atoms with van der Waals surface area (Å²) in [6.45, 7) is 9.27. The first-order valence-electron chi connectivity index (χ1n) is 13.1. The Morgan fingerprint density at radius 2 is 1.63 bits per heavy atom. The number of amides is 3. The number of benzene rings is 3. The van der Waals surface area contributed by atoms with Gasteiger partial charge in [0.05, 0.1) is 6.54 Å². The van der Waals surface area contributed by atoms with E-state index in [1.54, 1.807) is 39.5 Å². The van der Waals surface area contributed by atoms with Crippen molar-refractivity contribution in [2.75, 3.05) is 4.90 Å². The van der Waals surface area contributed by atoms with Crippen LogP contribution in [-0.2, 0) is 27.3 Å². The molecule has 1 atom stereocenters. The number of fused-ring (bicyclic) bond motifs is 2. The molecule has 0 saturated heterocycles. The van der Waals surface area contributed by atoms with Crippen LogP contribution in [0.3, 0.4) is 0 Å². The standard InChI is InChI=1S/C31H37N3O4/c1-30(2,3)38-29(37)33-31(4,5)19-27(35)32-25-18-17-22-12-7-9-16-26(22)34(28(25)36)20-23-14-10-13-21-11-6-8-15-24(21)23/h6-16,25H,17-20H2,1-5H3,(H,32,35)(H,33,37). The Balaban J connectivity index is 1.52. The predicted molar refractivity (Wildman–Crippen MR) is 150 cm³/mol. The summed E-state index contributed by atoms with van der Waals surface area (Å²) in [5, 5.41) is 7.92. The third-order valence-corrected chi connectivity index (χ3v) is 6.53. The van der Waals surface area contributed by atoms with Crippen LogP contribution in [-0.4, -0.2) is 35.1 Å². The summed E-state index contributed by atoms with van der Waals surface area (Å²) in [7, 11) is 0. The molecule has 0 saturated carbocycles. The first kappa shape index (κ1) is 27.2. The largest absolute Gasteiger partial charge is 0.444 e. The van der Waals surface area contributed by atoms with E-state index in [0.717, 1.165) is 27.6 Å². The van der Waals surface area contributed by atoms with Crippen molar-refractivity contribution in [1.29, 1.82) is 0 Å². The highest BCUT2D eigenvalue weighted by molar-refractivity contribution is 6.01. The summed E-state index contributed by atoms with van der Waals surface area (Å²) in [4.78, 5) is 41.0. The van der Waals surface area contributed by atoms with Crippen molar-refractivity contribution < 1.29 is 19.1 Å². The number of hydrogen-bond donors (Lipinski definition) is 2. The van der Waals surface area contributed by atoms with E-state index < -0.39 is 23.3 Å². The number of aryl methyl sites for hydroxylation is 1. The lowest BCUT2D eigenvalue weighted by Crippen LogP contribution is -2.52. The minimum absolute atomic E-state index is 0.00624. The van der Waals surface area contributed by atoms with E-state index in [2.05, 4.69) is 28.8 Å². The topological polar surface area (TPSA) is 87.7 Å². The molecule has 1 unspecified atom stereocenters. The van der Waals surface area contributed by atoms with E-state index >= 15 is 0 Å². The summed E-state index contributed by atoms with van der Waals surface area (Å²) in [6, 6.07) is 21.5. The molecule has 3 amide bonds. The molecule has 0 radical (unpaired) electrons. The minimum atomic E-state index is -0.855. The van der Waals surface area contributed by atoms with Crippen LogP contribution >= 0.6 is 0 Å². The molecule has 0 aromatic heterocycles. The van der Waals surface area contributed by atoms with Gasteiger partial charge in [-0.2, -0.15) is 0 Å². The molecule has 4 rings (SSSR count). The van der Waals surface area contributed by atoms with Crippen LogP contribution in [0, 0.1) is 0 Å². The number of carbonyl (C=O) groups is 3. The Morgan fingerprint density at radius 1 is 0.947 bits per heavy atom. The normalized spacial score (nSPS) is 16.0. The molecule has 0 bridgehead atoms. The molecule has 3 aromatic rings. The Kier molecular flexibility index (Phi) is 7.76. The minimum Gasteiger partial charge on any atom is -0.444 e. The zero-order valence-corrected chi connectivity index (χ0v) is 22.8. The van der Waals surface area contributed by atoms with Crippen LogP contribution in [0.1, 0.15) is 58.6 Å². The maximum absolute atomic E-state index is 13.9. The monoisotopic (exact) mass is 515 g/mol. The predicted octanol–water partition coefficient (Wildman–Crippen LogP) is 5.50. The lowest BCUT2D eigenvalue weighted by Gasteiger charge is -2.30. The van der Waals surface area contributed by atoms with E-state index in [0.29, 0.717) is 19.4 Å². The van der Waals surface area contributed by atoms with Crippen LogP contribution in [0.2, 0.25) is 0 Å². The molecular formula is C31H37N3O4. The molecule has 2 N–H and O–H groups in total. The molecule has 38 heavy (non-hydrogen) atoms. The van der Waals surface area contributed by atoms with Crippen LogP contribution in [0.25, 0.3) is 10.8 Å². The Morgan fingerprint density at radius 3 is 2.39 bits per heavy atom. The number of para-hydroxylation sites is 1. The molecule has 0 spiro atoms. The zero-order chi connectivity index (χ0) is 27.5. The van der Waals surface area contributed by atoms with E-state index in [1.807, 2.05) is 48.5 Å². The molecule has 7 nitrogen and oxygen atoms in total. The fraction of sp³-hybridized carbons (Fsp3) is 0.387. The number of ether oxygens (including phenoxy) is 1. The lowest BCUT2D eigenvalue weighted by atomic mass is 9.99. The summed E-state index contributed by atoms with van der Waals surface area (Å²) in [5.74, 6) is -0.449. The second-order valence-electron chi connectivity index (χ2n) is 11.5. The Labute approximate surface area is 224 Å². The Bertz CT molecular complexity index is 1340. The van der Waals surface area contributed by atoms with Crippen LogP contribution in [0.4, 0.5) is 10.5 Å². The number of alkyl carbamates (subject to hydrolysis) is 1. The lowest BCUT2D eigenvalue weighted by molar-refractivity contribution is -0.128. The van der Waals surface area contributed by atoms with Crippen molar-refractivity contribution >= 4 is 34.4 Å². The van der Waals surface area contributed by atoms with Gasteiger partial charge in [-0.25, -0.2) is 4.79 Å². The van der Waals surface area contributed by atoms with Crippen molar-refractivity contribution in [2.45, 2.75) is 77.6 Å². The maximum atomic E-state index is 13.9. The van der Waals surface area contributed by atoms with Crippen LogP contribution < -0.4 is 15.5 Å². The molecular weight excluding hydrogens is 478 g/mol. The van der Waals surface area contributed by atoms with Gasteiger partial charge in [-0.3, -0.25) is 9.59 Å². The highest BCUT2D eigenvalue weighted by Crippen LogP contribution is 2.30. The second-order valence-corrected chi connectivity index (χ2v) is 11.5. The molecule has 1 aliphatic rings. The molecule has 200 valence electrons. The second kappa shape index (κ2) is 10.9. The molecule has 7 heteroatoms. The smallest absolute Gasteiger partial charge is 0.408 e. The third kappa shape index (κ3) is 6.71. The summed E-state index contributed by atoms with van der Waals surface area (Å²) in [6.07, 6.45) is 0.579. The van der Waals surface area contributed by atoms with Crippen molar-refractivity contribution in [3.05, 3.63) is 77.9 Å². The fourth-order valence-corrected chi connectivity index (χ4v) is 4.88. The molecule has 0 fully saturated rings. The van der Waals surface area contributed by atoms with Crippen molar-refractivity contribution in [1.82, 2.24) is 10.6 Å². The zero-order valence-electron chi connectivity index (χ0n) is 22.8. The summed E-state index contributed by atoms with van der Waals surface area (Å²) < 4.78 is 5.33. The van der Waals surface area contributed by atoms with E-state index in [4.69, 9.17) is 4.74 Å². The molecule has 1 aliphatic heterocycles. The molecule has 0 aliphatic carbocycles. The van der Waals surface area contributed by atoms with Gasteiger partial charge < -0.3 is 20.3 Å². The number of nitrogens with one attached hydrogen (secondary N) is 2. The summed E-state index contributed by atoms with van der Waals surface area (Å²) >= 11 is 0.